The summed E-state index contributed by atoms with van der Waals surface area (Å²) in [7, 11) is 3.56. The number of nitrogens with one attached hydrogen (secondary N) is 1. The maximum atomic E-state index is 6.19. The van der Waals surface area contributed by atoms with E-state index >= 15 is 0 Å². The van der Waals surface area contributed by atoms with E-state index in [4.69, 9.17) is 32.7 Å². The van der Waals surface area contributed by atoms with Gasteiger partial charge in [-0.25, -0.2) is 0 Å². The zero-order valence-corrected chi connectivity index (χ0v) is 13.4. The van der Waals surface area contributed by atoms with Gasteiger partial charge in [-0.05, 0) is 33.0 Å². The van der Waals surface area contributed by atoms with Crippen molar-refractivity contribution in [2.75, 3.05) is 20.8 Å². The predicted octanol–water partition coefficient (Wildman–Crippen LogP) is 3.91. The van der Waals surface area contributed by atoms with Gasteiger partial charge in [-0.15, -0.1) is 0 Å². The molecule has 19 heavy (non-hydrogen) atoms. The molecule has 0 heterocycles. The summed E-state index contributed by atoms with van der Waals surface area (Å²) in [5.41, 5.74) is 0.748. The Balaban J connectivity index is 2.77. The lowest BCUT2D eigenvalue weighted by atomic mass is 10.1. The largest absolute Gasteiger partial charge is 0.492 e. The Morgan fingerprint density at radius 1 is 1.26 bits per heavy atom. The van der Waals surface area contributed by atoms with Crippen LogP contribution in [0.1, 0.15) is 25.8 Å². The molecule has 0 atom stereocenters. The molecule has 1 aromatic rings. The molecule has 1 aromatic carbocycles. The SMILES string of the molecule is CNCc1cc(Cl)cc(Cl)c1OCCC(C)(C)OC. The Kier molecular flexibility index (Phi) is 6.40. The minimum atomic E-state index is -0.206. The maximum absolute atomic E-state index is 6.19. The third-order valence-corrected chi connectivity index (χ3v) is 3.45. The molecular weight excluding hydrogens is 285 g/mol. The molecule has 0 aliphatic heterocycles. The summed E-state index contributed by atoms with van der Waals surface area (Å²) in [5, 5.41) is 4.22. The summed E-state index contributed by atoms with van der Waals surface area (Å²) < 4.78 is 11.2. The average molecular weight is 306 g/mol. The average Bonchev–Trinajstić information content (AvgIpc) is 2.33. The fraction of sp³-hybridized carbons (Fsp3) is 0.571. The van der Waals surface area contributed by atoms with E-state index in [9.17, 15) is 0 Å². The van der Waals surface area contributed by atoms with Gasteiger partial charge in [-0.2, -0.15) is 0 Å². The fourth-order valence-corrected chi connectivity index (χ4v) is 2.19. The van der Waals surface area contributed by atoms with E-state index in [-0.39, 0.29) is 5.60 Å². The molecule has 0 aliphatic rings. The Bertz CT molecular complexity index is 422. The third kappa shape index (κ3) is 5.19. The quantitative estimate of drug-likeness (QED) is 0.828. The number of benzene rings is 1. The Labute approximate surface area is 125 Å². The highest BCUT2D eigenvalue weighted by atomic mass is 35.5. The van der Waals surface area contributed by atoms with Crippen LogP contribution in [0.2, 0.25) is 10.0 Å². The van der Waals surface area contributed by atoms with Crippen LogP contribution in [-0.2, 0) is 11.3 Å². The van der Waals surface area contributed by atoms with Gasteiger partial charge in [-0.1, -0.05) is 23.2 Å². The van der Waals surface area contributed by atoms with Crippen molar-refractivity contribution in [3.05, 3.63) is 27.7 Å². The fourth-order valence-electron chi connectivity index (χ4n) is 1.60. The third-order valence-electron chi connectivity index (χ3n) is 2.96. The molecule has 5 heteroatoms. The topological polar surface area (TPSA) is 30.5 Å². The van der Waals surface area contributed by atoms with Crippen LogP contribution in [0.4, 0.5) is 0 Å². The molecule has 0 unspecified atom stereocenters. The van der Waals surface area contributed by atoms with Gasteiger partial charge in [0.05, 0.1) is 17.2 Å². The first-order valence-electron chi connectivity index (χ1n) is 6.20. The normalized spacial score (nSPS) is 11.7. The van der Waals surface area contributed by atoms with Gasteiger partial charge in [-0.3, -0.25) is 0 Å². The minimum absolute atomic E-state index is 0.206. The molecule has 108 valence electrons. The number of ether oxygens (including phenoxy) is 2. The first-order valence-corrected chi connectivity index (χ1v) is 6.95. The van der Waals surface area contributed by atoms with E-state index in [0.29, 0.717) is 28.9 Å². The van der Waals surface area contributed by atoms with Crippen LogP contribution in [0, 0.1) is 0 Å². The number of halogens is 2. The van der Waals surface area contributed by atoms with Crippen LogP contribution in [-0.4, -0.2) is 26.4 Å². The highest BCUT2D eigenvalue weighted by molar-refractivity contribution is 6.35. The number of methoxy groups -OCH3 is 1. The number of hydrogen-bond acceptors (Lipinski definition) is 3. The van der Waals surface area contributed by atoms with Gasteiger partial charge in [0, 0.05) is 30.7 Å². The Morgan fingerprint density at radius 3 is 2.53 bits per heavy atom. The minimum Gasteiger partial charge on any atom is -0.492 e. The van der Waals surface area contributed by atoms with Crippen molar-refractivity contribution in [2.24, 2.45) is 0 Å². The molecule has 0 saturated carbocycles. The molecule has 0 radical (unpaired) electrons. The summed E-state index contributed by atoms with van der Waals surface area (Å²) in [5.74, 6) is 0.687. The highest BCUT2D eigenvalue weighted by Gasteiger charge is 2.17. The van der Waals surface area contributed by atoms with Crippen LogP contribution < -0.4 is 10.1 Å². The lowest BCUT2D eigenvalue weighted by Crippen LogP contribution is -2.25. The van der Waals surface area contributed by atoms with Crippen LogP contribution in [0.5, 0.6) is 5.75 Å². The van der Waals surface area contributed by atoms with E-state index in [1.165, 1.54) is 0 Å². The van der Waals surface area contributed by atoms with Crippen LogP contribution in [0.25, 0.3) is 0 Å². The summed E-state index contributed by atoms with van der Waals surface area (Å²) in [4.78, 5) is 0. The predicted molar refractivity (Wildman–Crippen MR) is 80.4 cm³/mol. The molecule has 1 N–H and O–H groups in total. The Hall–Kier alpha value is -0.480. The molecule has 0 amide bonds. The van der Waals surface area contributed by atoms with Crippen molar-refractivity contribution < 1.29 is 9.47 Å². The molecule has 3 nitrogen and oxygen atoms in total. The van der Waals surface area contributed by atoms with Crippen LogP contribution in [0.3, 0.4) is 0 Å². The second-order valence-electron chi connectivity index (χ2n) is 4.97. The summed E-state index contributed by atoms with van der Waals surface area (Å²) in [6.45, 7) is 5.24. The molecule has 1 rings (SSSR count). The monoisotopic (exact) mass is 305 g/mol. The second-order valence-corrected chi connectivity index (χ2v) is 5.81. The summed E-state index contributed by atoms with van der Waals surface area (Å²) >= 11 is 12.2. The highest BCUT2D eigenvalue weighted by Crippen LogP contribution is 2.32. The molecule has 0 bridgehead atoms. The smallest absolute Gasteiger partial charge is 0.142 e. The number of rotatable bonds is 7. The van der Waals surface area contributed by atoms with Crippen LogP contribution >= 0.6 is 23.2 Å². The summed E-state index contributed by atoms with van der Waals surface area (Å²) in [6, 6.07) is 3.56. The van der Waals surface area contributed by atoms with Crippen molar-refractivity contribution in [3.8, 4) is 5.75 Å². The molecule has 0 spiro atoms. The van der Waals surface area contributed by atoms with E-state index in [2.05, 4.69) is 5.32 Å². The molecule has 0 saturated heterocycles. The Morgan fingerprint density at radius 2 is 1.95 bits per heavy atom. The second kappa shape index (κ2) is 7.34. The van der Waals surface area contributed by atoms with Gasteiger partial charge >= 0.3 is 0 Å². The first-order chi connectivity index (χ1) is 8.89. The van der Waals surface area contributed by atoms with Gasteiger partial charge in [0.25, 0.3) is 0 Å². The van der Waals surface area contributed by atoms with E-state index in [1.807, 2.05) is 27.0 Å². The standard InChI is InChI=1S/C14H21Cl2NO2/c1-14(2,18-4)5-6-19-13-10(9-17-3)7-11(15)8-12(13)16/h7-8,17H,5-6,9H2,1-4H3. The molecule has 0 aromatic heterocycles. The van der Waals surface area contributed by atoms with E-state index in [1.54, 1.807) is 13.2 Å². The lowest BCUT2D eigenvalue weighted by Gasteiger charge is -2.23. The maximum Gasteiger partial charge on any atom is 0.142 e. The van der Waals surface area contributed by atoms with Crippen molar-refractivity contribution in [2.45, 2.75) is 32.4 Å². The lowest BCUT2D eigenvalue weighted by molar-refractivity contribution is 0.00538. The van der Waals surface area contributed by atoms with Crippen molar-refractivity contribution in [3.63, 3.8) is 0 Å². The van der Waals surface area contributed by atoms with Crippen molar-refractivity contribution >= 4 is 23.2 Å². The van der Waals surface area contributed by atoms with Gasteiger partial charge in [0.15, 0.2) is 0 Å². The first kappa shape index (κ1) is 16.6. The van der Waals surface area contributed by atoms with Gasteiger partial charge < -0.3 is 14.8 Å². The zero-order chi connectivity index (χ0) is 14.5. The molecule has 0 fully saturated rings. The van der Waals surface area contributed by atoms with Crippen molar-refractivity contribution in [1.82, 2.24) is 5.32 Å². The van der Waals surface area contributed by atoms with Crippen LogP contribution in [0.15, 0.2) is 12.1 Å². The van der Waals surface area contributed by atoms with Crippen molar-refractivity contribution in [1.29, 1.82) is 0 Å². The summed E-state index contributed by atoms with van der Waals surface area (Å²) in [6.07, 6.45) is 0.779. The number of hydrogen-bond donors (Lipinski definition) is 1. The van der Waals surface area contributed by atoms with Gasteiger partial charge in [0.2, 0.25) is 0 Å². The zero-order valence-electron chi connectivity index (χ0n) is 11.8. The van der Waals surface area contributed by atoms with E-state index < -0.39 is 0 Å². The molecular formula is C14H21Cl2NO2. The molecule has 0 aliphatic carbocycles. The van der Waals surface area contributed by atoms with Gasteiger partial charge in [0.1, 0.15) is 5.75 Å². The van der Waals surface area contributed by atoms with E-state index in [0.717, 1.165) is 12.0 Å².